The van der Waals surface area contributed by atoms with E-state index in [2.05, 4.69) is 0 Å². The first-order valence-corrected chi connectivity index (χ1v) is 7.44. The van der Waals surface area contributed by atoms with Crippen LogP contribution < -0.4 is 9.47 Å². The summed E-state index contributed by atoms with van der Waals surface area (Å²) in [5, 5.41) is 47.5. The normalized spacial score (nSPS) is 30.5. The Balaban J connectivity index is 2.18. The molecule has 2 rings (SSSR count). The van der Waals surface area contributed by atoms with Crippen molar-refractivity contribution in [1.82, 2.24) is 0 Å². The Kier molecular flexibility index (Phi) is 6.55. The molecule has 0 radical (unpaired) electrons. The molecule has 0 bridgehead atoms. The third-order valence-corrected chi connectivity index (χ3v) is 3.69. The van der Waals surface area contributed by atoms with Crippen LogP contribution in [0.15, 0.2) is 24.3 Å². The molecule has 134 valence electrons. The second kappa shape index (κ2) is 8.43. The lowest BCUT2D eigenvalue weighted by molar-refractivity contribution is -0.277. The second-order valence-electron chi connectivity index (χ2n) is 5.31. The molecule has 8 heteroatoms. The minimum atomic E-state index is -1.52. The van der Waals surface area contributed by atoms with E-state index in [0.717, 1.165) is 5.56 Å². The Morgan fingerprint density at radius 3 is 2.46 bits per heavy atom. The lowest BCUT2D eigenvalue weighted by Gasteiger charge is -2.39. The van der Waals surface area contributed by atoms with Crippen LogP contribution in [0.1, 0.15) is 5.56 Å². The van der Waals surface area contributed by atoms with Gasteiger partial charge in [0.2, 0.25) is 6.29 Å². The van der Waals surface area contributed by atoms with Crippen LogP contribution in [0.2, 0.25) is 0 Å². The maximum Gasteiger partial charge on any atom is 0.229 e. The maximum atomic E-state index is 10.00. The van der Waals surface area contributed by atoms with Gasteiger partial charge in [-0.05, 0) is 17.7 Å². The zero-order chi connectivity index (χ0) is 17.7. The van der Waals surface area contributed by atoms with Gasteiger partial charge in [-0.1, -0.05) is 18.2 Å². The maximum absolute atomic E-state index is 10.00. The highest BCUT2D eigenvalue weighted by Gasteiger charge is 2.44. The van der Waals surface area contributed by atoms with Gasteiger partial charge in [0.25, 0.3) is 0 Å². The molecular weight excluding hydrogens is 320 g/mol. The van der Waals surface area contributed by atoms with Crippen LogP contribution in [-0.2, 0) is 4.74 Å². The van der Waals surface area contributed by atoms with Crippen LogP contribution in [0.4, 0.5) is 0 Å². The van der Waals surface area contributed by atoms with E-state index in [-0.39, 0.29) is 12.4 Å². The van der Waals surface area contributed by atoms with Crippen LogP contribution in [0, 0.1) is 0 Å². The van der Waals surface area contributed by atoms with Crippen molar-refractivity contribution in [3.05, 3.63) is 29.8 Å². The van der Waals surface area contributed by atoms with E-state index in [0.29, 0.717) is 5.75 Å². The summed E-state index contributed by atoms with van der Waals surface area (Å²) in [6, 6.07) is 4.94. The van der Waals surface area contributed by atoms with E-state index in [1.54, 1.807) is 30.4 Å². The smallest absolute Gasteiger partial charge is 0.229 e. The van der Waals surface area contributed by atoms with Crippen LogP contribution in [-0.4, -0.2) is 76.6 Å². The standard InChI is InChI=1S/C16H22O8/c1-22-11-7-9(3-2-6-17)4-5-10(11)23-16-15(21)14(20)13(19)12(8-18)24-16/h2-5,7,12-21H,6,8H2,1H3/t12-,13-,14+,15-,16?/m1/s1. The fourth-order valence-electron chi connectivity index (χ4n) is 2.36. The summed E-state index contributed by atoms with van der Waals surface area (Å²) in [7, 11) is 1.44. The molecule has 0 aromatic heterocycles. The summed E-state index contributed by atoms with van der Waals surface area (Å²) >= 11 is 0. The van der Waals surface area contributed by atoms with Gasteiger partial charge < -0.3 is 39.7 Å². The Bertz CT molecular complexity index is 559. The predicted octanol–water partition coefficient (Wildman–Crippen LogP) is -1.12. The van der Waals surface area contributed by atoms with Gasteiger partial charge in [0, 0.05) is 0 Å². The number of hydrogen-bond donors (Lipinski definition) is 5. The molecule has 8 nitrogen and oxygen atoms in total. The van der Waals surface area contributed by atoms with Crippen molar-refractivity contribution in [2.45, 2.75) is 30.7 Å². The first kappa shape index (κ1) is 18.7. The molecule has 5 atom stereocenters. The van der Waals surface area contributed by atoms with E-state index in [1.165, 1.54) is 7.11 Å². The molecule has 1 aliphatic heterocycles. The number of benzene rings is 1. The van der Waals surface area contributed by atoms with Gasteiger partial charge in [-0.25, -0.2) is 0 Å². The lowest BCUT2D eigenvalue weighted by atomic mass is 9.99. The summed E-state index contributed by atoms with van der Waals surface area (Å²) in [6.45, 7) is -0.627. The molecular formula is C16H22O8. The van der Waals surface area contributed by atoms with Gasteiger partial charge in [0.05, 0.1) is 20.3 Å². The highest BCUT2D eigenvalue weighted by Crippen LogP contribution is 2.32. The van der Waals surface area contributed by atoms with Crippen molar-refractivity contribution in [2.75, 3.05) is 20.3 Å². The summed E-state index contributed by atoms with van der Waals surface area (Å²) in [4.78, 5) is 0. The van der Waals surface area contributed by atoms with Crippen molar-refractivity contribution in [3.8, 4) is 11.5 Å². The highest BCUT2D eigenvalue weighted by molar-refractivity contribution is 5.55. The molecule has 1 aromatic rings. The molecule has 0 saturated carbocycles. The first-order valence-electron chi connectivity index (χ1n) is 7.44. The second-order valence-corrected chi connectivity index (χ2v) is 5.31. The number of rotatable bonds is 6. The predicted molar refractivity (Wildman–Crippen MR) is 83.5 cm³/mol. The van der Waals surface area contributed by atoms with Crippen LogP contribution in [0.3, 0.4) is 0 Å². The number of aliphatic hydroxyl groups is 5. The number of ether oxygens (including phenoxy) is 3. The highest BCUT2D eigenvalue weighted by atomic mass is 16.7. The molecule has 5 N–H and O–H groups in total. The number of hydrogen-bond acceptors (Lipinski definition) is 8. The average Bonchev–Trinajstić information content (AvgIpc) is 2.61. The minimum absolute atomic E-state index is 0.0918. The van der Waals surface area contributed by atoms with E-state index in [4.69, 9.17) is 19.3 Å². The Labute approximate surface area is 139 Å². The fraction of sp³-hybridized carbons (Fsp3) is 0.500. The van der Waals surface area contributed by atoms with Crippen LogP contribution in [0.25, 0.3) is 6.08 Å². The largest absolute Gasteiger partial charge is 0.493 e. The Morgan fingerprint density at radius 1 is 1.08 bits per heavy atom. The van der Waals surface area contributed by atoms with Gasteiger partial charge in [-0.3, -0.25) is 0 Å². The molecule has 0 aliphatic carbocycles. The van der Waals surface area contributed by atoms with Crippen molar-refractivity contribution in [2.24, 2.45) is 0 Å². The van der Waals surface area contributed by atoms with Gasteiger partial charge in [0.15, 0.2) is 11.5 Å². The van der Waals surface area contributed by atoms with E-state index in [1.807, 2.05) is 0 Å². The summed E-state index contributed by atoms with van der Waals surface area (Å²) in [5.41, 5.74) is 0.766. The van der Waals surface area contributed by atoms with Crippen molar-refractivity contribution in [1.29, 1.82) is 0 Å². The Morgan fingerprint density at radius 2 is 1.83 bits per heavy atom. The van der Waals surface area contributed by atoms with E-state index >= 15 is 0 Å². The van der Waals surface area contributed by atoms with Crippen molar-refractivity contribution >= 4 is 6.08 Å². The fourth-order valence-corrected chi connectivity index (χ4v) is 2.36. The summed E-state index contributed by atoms with van der Waals surface area (Å²) < 4.78 is 16.1. The lowest BCUT2D eigenvalue weighted by Crippen LogP contribution is -2.60. The van der Waals surface area contributed by atoms with E-state index < -0.39 is 37.3 Å². The topological polar surface area (TPSA) is 129 Å². The third-order valence-electron chi connectivity index (χ3n) is 3.69. The van der Waals surface area contributed by atoms with Gasteiger partial charge in [-0.15, -0.1) is 0 Å². The average molecular weight is 342 g/mol. The summed E-state index contributed by atoms with van der Waals surface area (Å²) in [6.07, 6.45) is -3.54. The number of methoxy groups -OCH3 is 1. The molecule has 1 heterocycles. The molecule has 0 amide bonds. The van der Waals surface area contributed by atoms with Crippen LogP contribution >= 0.6 is 0 Å². The molecule has 1 aliphatic rings. The van der Waals surface area contributed by atoms with E-state index in [9.17, 15) is 20.4 Å². The zero-order valence-electron chi connectivity index (χ0n) is 13.1. The van der Waals surface area contributed by atoms with Crippen molar-refractivity contribution < 1.29 is 39.7 Å². The first-order chi connectivity index (χ1) is 11.5. The minimum Gasteiger partial charge on any atom is -0.493 e. The van der Waals surface area contributed by atoms with Gasteiger partial charge in [0.1, 0.15) is 24.4 Å². The van der Waals surface area contributed by atoms with Gasteiger partial charge >= 0.3 is 0 Å². The van der Waals surface area contributed by atoms with Crippen molar-refractivity contribution in [3.63, 3.8) is 0 Å². The molecule has 1 unspecified atom stereocenters. The Hall–Kier alpha value is -1.68. The molecule has 1 aromatic carbocycles. The SMILES string of the molecule is COc1cc(C=CCO)ccc1OC1O[C@H](CO)[C@@H](O)[C@H](O)[C@H]1O. The monoisotopic (exact) mass is 342 g/mol. The molecule has 1 saturated heterocycles. The van der Waals surface area contributed by atoms with Gasteiger partial charge in [-0.2, -0.15) is 0 Å². The third kappa shape index (κ3) is 4.04. The molecule has 0 spiro atoms. The summed E-state index contributed by atoms with van der Waals surface area (Å²) in [5.74, 6) is 0.607. The molecule has 24 heavy (non-hydrogen) atoms. The zero-order valence-corrected chi connectivity index (χ0v) is 13.1. The number of aliphatic hydroxyl groups excluding tert-OH is 5. The quantitative estimate of drug-likeness (QED) is 0.440. The molecule has 1 fully saturated rings. The van der Waals surface area contributed by atoms with Crippen LogP contribution in [0.5, 0.6) is 11.5 Å².